The maximum absolute atomic E-state index is 2.20. The van der Waals surface area contributed by atoms with Gasteiger partial charge in [-0.3, -0.25) is 0 Å². The van der Waals surface area contributed by atoms with Crippen molar-refractivity contribution >= 4 is 11.8 Å². The van der Waals surface area contributed by atoms with Gasteiger partial charge in [-0.1, -0.05) is 19.3 Å². The lowest BCUT2D eigenvalue weighted by molar-refractivity contribution is 0.249. The summed E-state index contributed by atoms with van der Waals surface area (Å²) in [5, 5.41) is 0. The number of rotatable bonds is 0. The van der Waals surface area contributed by atoms with Gasteiger partial charge in [0.25, 0.3) is 0 Å². The summed E-state index contributed by atoms with van der Waals surface area (Å²) in [5.74, 6) is 5.15. The van der Waals surface area contributed by atoms with Crippen LogP contribution in [0, 0.1) is 11.8 Å². The summed E-state index contributed by atoms with van der Waals surface area (Å²) in [7, 11) is 0. The Bertz CT molecular complexity index is 108. The average molecular weight is 170 g/mol. The molecule has 1 aliphatic carbocycles. The monoisotopic (exact) mass is 170 g/mol. The maximum atomic E-state index is 2.20. The number of hydrogen-bond donors (Lipinski definition) is 0. The highest BCUT2D eigenvalue weighted by Gasteiger charge is 2.26. The molecule has 0 aromatic heterocycles. The fraction of sp³-hybridized carbons (Fsp3) is 1.00. The van der Waals surface area contributed by atoms with Crippen LogP contribution in [0.5, 0.6) is 0 Å². The second-order valence-corrected chi connectivity index (χ2v) is 5.17. The summed E-state index contributed by atoms with van der Waals surface area (Å²) in [5.41, 5.74) is 0. The van der Waals surface area contributed by atoms with Crippen LogP contribution in [0.1, 0.15) is 38.5 Å². The molecule has 1 saturated carbocycles. The molecule has 1 aliphatic heterocycles. The predicted molar refractivity (Wildman–Crippen MR) is 52.0 cm³/mol. The molecule has 2 atom stereocenters. The molecule has 0 radical (unpaired) electrons. The van der Waals surface area contributed by atoms with Crippen molar-refractivity contribution in [2.24, 2.45) is 11.8 Å². The molecule has 2 rings (SSSR count). The van der Waals surface area contributed by atoms with E-state index in [-0.39, 0.29) is 0 Å². The molecule has 0 amide bonds. The molecule has 2 unspecified atom stereocenters. The van der Waals surface area contributed by atoms with Crippen LogP contribution in [0.4, 0.5) is 0 Å². The first kappa shape index (κ1) is 7.97. The van der Waals surface area contributed by atoms with Crippen LogP contribution in [-0.4, -0.2) is 11.5 Å². The normalized spacial score (nSPS) is 39.3. The van der Waals surface area contributed by atoms with Crippen LogP contribution in [0.3, 0.4) is 0 Å². The lowest BCUT2D eigenvalue weighted by Gasteiger charge is -2.29. The minimum absolute atomic E-state index is 1.11. The highest BCUT2D eigenvalue weighted by Crippen LogP contribution is 2.37. The molecule has 1 heteroatoms. The third kappa shape index (κ3) is 1.93. The van der Waals surface area contributed by atoms with E-state index in [2.05, 4.69) is 11.8 Å². The standard InChI is InChI=1S/C10H18S/c1-2-5-10-8-11-7-3-6-9(10)4-1/h9-10H,1-8H2. The van der Waals surface area contributed by atoms with Gasteiger partial charge in [-0.2, -0.15) is 11.8 Å². The van der Waals surface area contributed by atoms with E-state index in [1.807, 2.05) is 0 Å². The van der Waals surface area contributed by atoms with Crippen LogP contribution < -0.4 is 0 Å². The van der Waals surface area contributed by atoms with Crippen molar-refractivity contribution in [3.8, 4) is 0 Å². The van der Waals surface area contributed by atoms with Crippen molar-refractivity contribution in [1.82, 2.24) is 0 Å². The van der Waals surface area contributed by atoms with E-state index >= 15 is 0 Å². The van der Waals surface area contributed by atoms with Gasteiger partial charge in [0.05, 0.1) is 0 Å². The molecular weight excluding hydrogens is 152 g/mol. The molecule has 64 valence electrons. The van der Waals surface area contributed by atoms with Crippen LogP contribution in [0.15, 0.2) is 0 Å². The molecule has 0 nitrogen and oxygen atoms in total. The summed E-state index contributed by atoms with van der Waals surface area (Å²) < 4.78 is 0. The first-order valence-corrected chi connectivity index (χ1v) is 6.20. The molecule has 2 fully saturated rings. The van der Waals surface area contributed by atoms with Gasteiger partial charge in [0.2, 0.25) is 0 Å². The predicted octanol–water partition coefficient (Wildman–Crippen LogP) is 3.32. The van der Waals surface area contributed by atoms with Crippen LogP contribution >= 0.6 is 11.8 Å². The van der Waals surface area contributed by atoms with Crippen molar-refractivity contribution in [3.63, 3.8) is 0 Å². The van der Waals surface area contributed by atoms with Gasteiger partial charge >= 0.3 is 0 Å². The SMILES string of the molecule is C1CCC2CSCCCC2C1. The van der Waals surface area contributed by atoms with Gasteiger partial charge in [-0.15, -0.1) is 0 Å². The number of hydrogen-bond acceptors (Lipinski definition) is 1. The largest absolute Gasteiger partial charge is 0.162 e. The lowest BCUT2D eigenvalue weighted by Crippen LogP contribution is -2.19. The van der Waals surface area contributed by atoms with Crippen LogP contribution in [0.25, 0.3) is 0 Å². The van der Waals surface area contributed by atoms with Gasteiger partial charge in [-0.25, -0.2) is 0 Å². The Kier molecular flexibility index (Phi) is 2.78. The second-order valence-electron chi connectivity index (χ2n) is 4.02. The summed E-state index contributed by atoms with van der Waals surface area (Å²) >= 11 is 2.20. The highest BCUT2D eigenvalue weighted by molar-refractivity contribution is 7.99. The summed E-state index contributed by atoms with van der Waals surface area (Å²) in [6, 6.07) is 0. The zero-order valence-corrected chi connectivity index (χ0v) is 8.04. The van der Waals surface area contributed by atoms with Gasteiger partial charge < -0.3 is 0 Å². The van der Waals surface area contributed by atoms with E-state index in [9.17, 15) is 0 Å². The van der Waals surface area contributed by atoms with Crippen LogP contribution in [0.2, 0.25) is 0 Å². The van der Waals surface area contributed by atoms with E-state index < -0.39 is 0 Å². The number of thioether (sulfide) groups is 1. The van der Waals surface area contributed by atoms with E-state index in [1.54, 1.807) is 6.42 Å². The molecule has 0 aromatic rings. The third-order valence-corrected chi connectivity index (χ3v) is 4.50. The van der Waals surface area contributed by atoms with Gasteiger partial charge in [0, 0.05) is 0 Å². The second kappa shape index (κ2) is 3.84. The van der Waals surface area contributed by atoms with E-state index in [0.29, 0.717) is 0 Å². The lowest BCUT2D eigenvalue weighted by atomic mass is 9.78. The van der Waals surface area contributed by atoms with Gasteiger partial charge in [-0.05, 0) is 42.6 Å². The molecule has 2 aliphatic rings. The molecule has 11 heavy (non-hydrogen) atoms. The first-order chi connectivity index (χ1) is 5.47. The quantitative estimate of drug-likeness (QED) is 0.537. The smallest absolute Gasteiger partial charge is 0.00365 e. The Morgan fingerprint density at radius 2 is 1.55 bits per heavy atom. The van der Waals surface area contributed by atoms with Crippen molar-refractivity contribution in [2.75, 3.05) is 11.5 Å². The number of fused-ring (bicyclic) bond motifs is 1. The Balaban J connectivity index is 1.93. The van der Waals surface area contributed by atoms with Gasteiger partial charge in [0.1, 0.15) is 0 Å². The zero-order chi connectivity index (χ0) is 7.52. The molecule has 0 spiro atoms. The fourth-order valence-electron chi connectivity index (χ4n) is 2.57. The van der Waals surface area contributed by atoms with Crippen molar-refractivity contribution < 1.29 is 0 Å². The van der Waals surface area contributed by atoms with Crippen molar-refractivity contribution in [2.45, 2.75) is 38.5 Å². The Morgan fingerprint density at radius 3 is 2.45 bits per heavy atom. The third-order valence-electron chi connectivity index (χ3n) is 3.26. The Hall–Kier alpha value is 0.350. The van der Waals surface area contributed by atoms with E-state index in [0.717, 1.165) is 11.8 Å². The molecule has 1 heterocycles. The highest BCUT2D eigenvalue weighted by atomic mass is 32.2. The van der Waals surface area contributed by atoms with E-state index in [1.165, 1.54) is 43.6 Å². The van der Waals surface area contributed by atoms with Gasteiger partial charge in [0.15, 0.2) is 0 Å². The molecular formula is C10H18S. The topological polar surface area (TPSA) is 0 Å². The van der Waals surface area contributed by atoms with Crippen molar-refractivity contribution in [3.05, 3.63) is 0 Å². The zero-order valence-electron chi connectivity index (χ0n) is 7.22. The summed E-state index contributed by atoms with van der Waals surface area (Å²) in [4.78, 5) is 0. The molecule has 0 N–H and O–H groups in total. The average Bonchev–Trinajstić information content (AvgIpc) is 2.28. The molecule has 1 saturated heterocycles. The minimum atomic E-state index is 1.11. The summed E-state index contributed by atoms with van der Waals surface area (Å²) in [6.07, 6.45) is 9.15. The van der Waals surface area contributed by atoms with Crippen LogP contribution in [-0.2, 0) is 0 Å². The molecule has 0 aromatic carbocycles. The fourth-order valence-corrected chi connectivity index (χ4v) is 3.85. The van der Waals surface area contributed by atoms with E-state index in [4.69, 9.17) is 0 Å². The van der Waals surface area contributed by atoms with Crippen molar-refractivity contribution in [1.29, 1.82) is 0 Å². The molecule has 0 bridgehead atoms. The maximum Gasteiger partial charge on any atom is -0.00365 e. The Labute approximate surface area is 74.1 Å². The minimum Gasteiger partial charge on any atom is -0.162 e. The summed E-state index contributed by atoms with van der Waals surface area (Å²) in [6.45, 7) is 0. The Morgan fingerprint density at radius 1 is 0.818 bits per heavy atom. The first-order valence-electron chi connectivity index (χ1n) is 5.04.